The van der Waals surface area contributed by atoms with Crippen molar-refractivity contribution >= 4 is 29.3 Å². The van der Waals surface area contributed by atoms with Gasteiger partial charge in [-0.15, -0.1) is 23.2 Å². The van der Waals surface area contributed by atoms with Crippen molar-refractivity contribution in [1.82, 2.24) is 0 Å². The highest BCUT2D eigenvalue weighted by atomic mass is 35.5. The number of amides is 1. The van der Waals surface area contributed by atoms with Crippen molar-refractivity contribution in [3.8, 4) is 0 Å². The average Bonchev–Trinajstić information content (AvgIpc) is 1.57. The number of rotatable bonds is 0. The maximum Gasteiger partial charge on any atom is 0.405 e. The number of hydrogen-bond donors (Lipinski definition) is 1. The molecule has 0 aliphatic carbocycles. The third-order valence-corrected chi connectivity index (χ3v) is 0.407. The summed E-state index contributed by atoms with van der Waals surface area (Å²) >= 11 is 9.53. The van der Waals surface area contributed by atoms with E-state index in [1.54, 1.807) is 20.8 Å². The number of alkyl halides is 2. The van der Waals surface area contributed by atoms with Crippen molar-refractivity contribution in [2.45, 2.75) is 26.4 Å². The Morgan fingerprint density at radius 2 is 1.73 bits per heavy atom. The van der Waals surface area contributed by atoms with Crippen LogP contribution in [0, 0.1) is 0 Å². The minimum Gasteiger partial charge on any atom is -0.444 e. The van der Waals surface area contributed by atoms with Crippen LogP contribution in [0.5, 0.6) is 0 Å². The molecule has 0 atom stereocenters. The van der Waals surface area contributed by atoms with Gasteiger partial charge in [0.2, 0.25) is 0 Å². The first kappa shape index (κ1) is 13.4. The SMILES string of the molecule is CC(C)(C)OC(N)=O.ClCCl. The van der Waals surface area contributed by atoms with Gasteiger partial charge in [0.15, 0.2) is 0 Å². The molecule has 0 spiro atoms. The lowest BCUT2D eigenvalue weighted by Crippen LogP contribution is -2.27. The van der Waals surface area contributed by atoms with Crippen LogP contribution in [0.3, 0.4) is 0 Å². The van der Waals surface area contributed by atoms with E-state index in [-0.39, 0.29) is 5.34 Å². The van der Waals surface area contributed by atoms with Crippen molar-refractivity contribution in [3.63, 3.8) is 0 Å². The summed E-state index contributed by atoms with van der Waals surface area (Å²) in [5, 5.41) is 0.194. The summed E-state index contributed by atoms with van der Waals surface area (Å²) in [6.45, 7) is 5.28. The average molecular weight is 202 g/mol. The van der Waals surface area contributed by atoms with E-state index in [1.165, 1.54) is 0 Å². The van der Waals surface area contributed by atoms with Gasteiger partial charge in [-0.2, -0.15) is 0 Å². The first-order valence-corrected chi connectivity index (χ1v) is 4.00. The van der Waals surface area contributed by atoms with E-state index in [9.17, 15) is 4.79 Å². The molecule has 0 aliphatic rings. The highest BCUT2D eigenvalue weighted by Gasteiger charge is 2.12. The lowest BCUT2D eigenvalue weighted by molar-refractivity contribution is 0.0600. The van der Waals surface area contributed by atoms with Gasteiger partial charge in [-0.05, 0) is 20.8 Å². The fourth-order valence-corrected chi connectivity index (χ4v) is 0.302. The Bertz CT molecular complexity index is 112. The lowest BCUT2D eigenvalue weighted by Gasteiger charge is -2.16. The smallest absolute Gasteiger partial charge is 0.405 e. The molecule has 2 N–H and O–H groups in total. The number of carbonyl (C=O) groups is 1. The van der Waals surface area contributed by atoms with Gasteiger partial charge in [0, 0.05) is 0 Å². The van der Waals surface area contributed by atoms with Crippen LogP contribution in [-0.4, -0.2) is 17.0 Å². The second kappa shape index (κ2) is 6.55. The quantitative estimate of drug-likeness (QED) is 0.612. The second-order valence-electron chi connectivity index (χ2n) is 2.63. The zero-order valence-electron chi connectivity index (χ0n) is 6.86. The van der Waals surface area contributed by atoms with Crippen LogP contribution in [0.15, 0.2) is 0 Å². The predicted molar refractivity (Wildman–Crippen MR) is 47.0 cm³/mol. The van der Waals surface area contributed by atoms with E-state index >= 15 is 0 Å². The van der Waals surface area contributed by atoms with E-state index in [2.05, 4.69) is 4.74 Å². The van der Waals surface area contributed by atoms with Gasteiger partial charge in [0.25, 0.3) is 0 Å². The molecule has 0 fully saturated rings. The van der Waals surface area contributed by atoms with Crippen LogP contribution < -0.4 is 5.73 Å². The number of primary amides is 1. The topological polar surface area (TPSA) is 52.3 Å². The minimum atomic E-state index is -0.725. The molecule has 5 heteroatoms. The molecule has 68 valence electrons. The van der Waals surface area contributed by atoms with E-state index < -0.39 is 11.7 Å². The standard InChI is InChI=1S/C5H11NO2.CH2Cl2/c1-5(2,3)8-4(6)7;2-1-3/h1-3H3,(H2,6,7);1H2. The van der Waals surface area contributed by atoms with Crippen molar-refractivity contribution in [1.29, 1.82) is 0 Å². The first-order chi connectivity index (χ1) is 4.83. The van der Waals surface area contributed by atoms with E-state index in [0.29, 0.717) is 0 Å². The number of carbonyl (C=O) groups excluding carboxylic acids is 1. The molecule has 0 saturated carbocycles. The molecule has 0 rings (SSSR count). The first-order valence-electron chi connectivity index (χ1n) is 2.94. The Balaban J connectivity index is 0. The highest BCUT2D eigenvalue weighted by molar-refractivity contribution is 6.40. The van der Waals surface area contributed by atoms with Crippen LogP contribution in [0.25, 0.3) is 0 Å². The summed E-state index contributed by atoms with van der Waals surface area (Å²) in [7, 11) is 0. The molecular formula is C6H13Cl2NO2. The largest absolute Gasteiger partial charge is 0.444 e. The van der Waals surface area contributed by atoms with Gasteiger partial charge in [-0.25, -0.2) is 4.79 Å². The zero-order valence-corrected chi connectivity index (χ0v) is 8.37. The van der Waals surface area contributed by atoms with Gasteiger partial charge in [-0.1, -0.05) is 0 Å². The summed E-state index contributed by atoms with van der Waals surface area (Å²) < 4.78 is 4.58. The number of hydrogen-bond acceptors (Lipinski definition) is 2. The zero-order chi connectivity index (χ0) is 9.49. The van der Waals surface area contributed by atoms with Gasteiger partial charge < -0.3 is 10.5 Å². The molecule has 0 saturated heterocycles. The fourth-order valence-electron chi connectivity index (χ4n) is 0.302. The number of ether oxygens (including phenoxy) is 1. The third-order valence-electron chi connectivity index (χ3n) is 0.407. The summed E-state index contributed by atoms with van der Waals surface area (Å²) in [6, 6.07) is 0. The Hall–Kier alpha value is -0.150. The molecule has 0 radical (unpaired) electrons. The second-order valence-corrected chi connectivity index (χ2v) is 3.44. The fraction of sp³-hybridized carbons (Fsp3) is 0.833. The molecule has 0 aromatic carbocycles. The van der Waals surface area contributed by atoms with Gasteiger partial charge in [0.05, 0.1) is 5.34 Å². The van der Waals surface area contributed by atoms with E-state index in [4.69, 9.17) is 28.9 Å². The molecule has 0 aromatic rings. The molecule has 0 aromatic heterocycles. The molecule has 1 amide bonds. The van der Waals surface area contributed by atoms with Crippen molar-refractivity contribution < 1.29 is 9.53 Å². The molecule has 3 nitrogen and oxygen atoms in total. The maximum atomic E-state index is 10.0. The molecular weight excluding hydrogens is 189 g/mol. The van der Waals surface area contributed by atoms with Gasteiger partial charge in [0.1, 0.15) is 5.60 Å². The Kier molecular flexibility index (Phi) is 8.01. The van der Waals surface area contributed by atoms with Crippen LogP contribution in [0.4, 0.5) is 4.79 Å². The molecule has 0 heterocycles. The van der Waals surface area contributed by atoms with Crippen LogP contribution in [0.1, 0.15) is 20.8 Å². The molecule has 11 heavy (non-hydrogen) atoms. The summed E-state index contributed by atoms with van der Waals surface area (Å²) in [4.78, 5) is 10.0. The molecule has 0 bridgehead atoms. The Morgan fingerprint density at radius 1 is 1.45 bits per heavy atom. The molecule has 0 unspecified atom stereocenters. The van der Waals surface area contributed by atoms with Crippen LogP contribution >= 0.6 is 23.2 Å². The predicted octanol–water partition coefficient (Wildman–Crippen LogP) is 2.30. The van der Waals surface area contributed by atoms with Crippen molar-refractivity contribution in [2.75, 3.05) is 5.34 Å². The van der Waals surface area contributed by atoms with Crippen LogP contribution in [-0.2, 0) is 4.74 Å². The highest BCUT2D eigenvalue weighted by Crippen LogP contribution is 2.04. The molecule has 0 aliphatic heterocycles. The van der Waals surface area contributed by atoms with E-state index in [1.807, 2.05) is 0 Å². The number of nitrogens with two attached hydrogens (primary N) is 1. The Morgan fingerprint density at radius 3 is 1.73 bits per heavy atom. The van der Waals surface area contributed by atoms with Crippen molar-refractivity contribution in [2.24, 2.45) is 5.73 Å². The van der Waals surface area contributed by atoms with Gasteiger partial charge in [-0.3, -0.25) is 0 Å². The third kappa shape index (κ3) is 25.8. The van der Waals surface area contributed by atoms with E-state index in [0.717, 1.165) is 0 Å². The monoisotopic (exact) mass is 201 g/mol. The maximum absolute atomic E-state index is 10.0. The normalized spacial score (nSPS) is 9.55. The Labute approximate surface area is 76.8 Å². The van der Waals surface area contributed by atoms with Gasteiger partial charge >= 0.3 is 6.09 Å². The van der Waals surface area contributed by atoms with Crippen molar-refractivity contribution in [3.05, 3.63) is 0 Å². The summed E-state index contributed by atoms with van der Waals surface area (Å²) in [5.74, 6) is 0. The number of halogens is 2. The lowest BCUT2D eigenvalue weighted by atomic mass is 10.2. The van der Waals surface area contributed by atoms with Crippen LogP contribution in [0.2, 0.25) is 0 Å². The summed E-state index contributed by atoms with van der Waals surface area (Å²) in [6.07, 6.45) is -0.725. The minimum absolute atomic E-state index is 0.194. The summed E-state index contributed by atoms with van der Waals surface area (Å²) in [5.41, 5.74) is 4.26.